The molecule has 0 atom stereocenters. The maximum atomic E-state index is 12.8. The fraction of sp³-hybridized carbons (Fsp3) is 0. The Labute approximate surface area is 178 Å². The largest absolute Gasteiger partial charge is 0.422 e. The molecule has 31 heavy (non-hydrogen) atoms. The van der Waals surface area contributed by atoms with E-state index in [0.717, 1.165) is 11.0 Å². The second-order valence-electron chi connectivity index (χ2n) is 6.62. The maximum absolute atomic E-state index is 12.8. The number of halogens is 1. The molecule has 3 heterocycles. The van der Waals surface area contributed by atoms with E-state index in [2.05, 4.69) is 15.5 Å². The predicted octanol–water partition coefficient (Wildman–Crippen LogP) is 2.73. The molecule has 1 N–H and O–H groups in total. The zero-order valence-electron chi connectivity index (χ0n) is 15.7. The molecule has 0 aliphatic heterocycles. The Morgan fingerprint density at radius 1 is 1.06 bits per heavy atom. The lowest BCUT2D eigenvalue weighted by Crippen LogP contribution is -2.35. The van der Waals surface area contributed by atoms with E-state index in [-0.39, 0.29) is 10.9 Å². The van der Waals surface area contributed by atoms with Crippen LogP contribution < -0.4 is 16.6 Å². The molecule has 9 nitrogen and oxygen atoms in total. The third kappa shape index (κ3) is 3.26. The summed E-state index contributed by atoms with van der Waals surface area (Å²) >= 11 is 6.03. The molecule has 10 heteroatoms. The Morgan fingerprint density at radius 2 is 1.90 bits per heavy atom. The van der Waals surface area contributed by atoms with E-state index in [1.807, 2.05) is 0 Å². The lowest BCUT2D eigenvalue weighted by molar-refractivity contribution is 0.100. The molecule has 5 rings (SSSR count). The Hall–Kier alpha value is -4.24. The SMILES string of the molecule is O=C(Nn1cnc2c(cnn2-c2cccc(Cl)c2)c1=O)c1cc2ccccc2oc1=O. The van der Waals surface area contributed by atoms with Crippen molar-refractivity contribution in [2.24, 2.45) is 0 Å². The molecule has 0 aliphatic carbocycles. The number of aromatic nitrogens is 4. The Kier molecular flexibility index (Phi) is 4.37. The quantitative estimate of drug-likeness (QED) is 0.438. The monoisotopic (exact) mass is 433 g/mol. The van der Waals surface area contributed by atoms with Crippen molar-refractivity contribution in [2.45, 2.75) is 0 Å². The van der Waals surface area contributed by atoms with Crippen molar-refractivity contribution < 1.29 is 9.21 Å². The minimum absolute atomic E-state index is 0.174. The molecule has 0 bridgehead atoms. The van der Waals surface area contributed by atoms with Crippen LogP contribution in [0.3, 0.4) is 0 Å². The number of amides is 1. The van der Waals surface area contributed by atoms with Crippen LogP contribution in [-0.2, 0) is 0 Å². The molecular weight excluding hydrogens is 422 g/mol. The van der Waals surface area contributed by atoms with Gasteiger partial charge >= 0.3 is 5.63 Å². The molecular formula is C21H12ClN5O4. The van der Waals surface area contributed by atoms with Gasteiger partial charge in [-0.05, 0) is 30.3 Å². The van der Waals surface area contributed by atoms with Crippen molar-refractivity contribution >= 4 is 39.5 Å². The first kappa shape index (κ1) is 18.8. The highest BCUT2D eigenvalue weighted by Crippen LogP contribution is 2.17. The number of nitrogens with one attached hydrogen (secondary N) is 1. The summed E-state index contributed by atoms with van der Waals surface area (Å²) in [4.78, 5) is 41.9. The summed E-state index contributed by atoms with van der Waals surface area (Å²) in [6.07, 6.45) is 2.49. The van der Waals surface area contributed by atoms with Gasteiger partial charge in [-0.1, -0.05) is 35.9 Å². The Balaban J connectivity index is 1.52. The van der Waals surface area contributed by atoms with Crippen molar-refractivity contribution in [2.75, 3.05) is 5.43 Å². The minimum Gasteiger partial charge on any atom is -0.422 e. The lowest BCUT2D eigenvalue weighted by atomic mass is 10.2. The van der Waals surface area contributed by atoms with Gasteiger partial charge in [0.2, 0.25) is 0 Å². The number of carbonyl (C=O) groups is 1. The number of nitrogens with zero attached hydrogens (tertiary/aromatic N) is 4. The van der Waals surface area contributed by atoms with Crippen LogP contribution in [0.25, 0.3) is 27.7 Å². The topological polar surface area (TPSA) is 112 Å². The van der Waals surface area contributed by atoms with Crippen LogP contribution in [0.4, 0.5) is 0 Å². The standard InChI is InChI=1S/C21H12ClN5O4/c22-13-5-3-6-14(9-13)27-18-16(10-24-27)20(29)26(11-23-18)25-19(28)15-8-12-4-1-2-7-17(12)31-21(15)30/h1-11H,(H,25,28). The van der Waals surface area contributed by atoms with E-state index >= 15 is 0 Å². The van der Waals surface area contributed by atoms with Crippen LogP contribution in [0.5, 0.6) is 0 Å². The zero-order valence-corrected chi connectivity index (χ0v) is 16.4. The fourth-order valence-corrected chi connectivity index (χ4v) is 3.36. The first-order valence-corrected chi connectivity index (χ1v) is 9.44. The smallest absolute Gasteiger partial charge is 0.349 e. The highest BCUT2D eigenvalue weighted by atomic mass is 35.5. The highest BCUT2D eigenvalue weighted by Gasteiger charge is 2.17. The summed E-state index contributed by atoms with van der Waals surface area (Å²) in [5.41, 5.74) is 2.04. The molecule has 2 aromatic carbocycles. The van der Waals surface area contributed by atoms with E-state index in [4.69, 9.17) is 16.0 Å². The summed E-state index contributed by atoms with van der Waals surface area (Å²) in [6.45, 7) is 0. The van der Waals surface area contributed by atoms with E-state index in [0.29, 0.717) is 27.3 Å². The summed E-state index contributed by atoms with van der Waals surface area (Å²) < 4.78 is 7.53. The summed E-state index contributed by atoms with van der Waals surface area (Å²) in [6, 6.07) is 15.1. The predicted molar refractivity (Wildman–Crippen MR) is 114 cm³/mol. The van der Waals surface area contributed by atoms with Crippen LogP contribution in [0, 0.1) is 0 Å². The minimum atomic E-state index is -0.813. The number of fused-ring (bicyclic) bond motifs is 2. The van der Waals surface area contributed by atoms with Gasteiger partial charge in [0.05, 0.1) is 11.9 Å². The molecule has 0 radical (unpaired) electrons. The summed E-state index contributed by atoms with van der Waals surface area (Å²) in [5, 5.41) is 5.46. The van der Waals surface area contributed by atoms with Crippen LogP contribution in [0.2, 0.25) is 5.02 Å². The molecule has 0 saturated heterocycles. The van der Waals surface area contributed by atoms with Gasteiger partial charge in [-0.15, -0.1) is 0 Å². The number of benzene rings is 2. The average Bonchev–Trinajstić information content (AvgIpc) is 3.20. The van der Waals surface area contributed by atoms with Crippen molar-refractivity contribution in [3.8, 4) is 5.69 Å². The van der Waals surface area contributed by atoms with Gasteiger partial charge in [0.25, 0.3) is 11.5 Å². The van der Waals surface area contributed by atoms with Gasteiger partial charge in [0.15, 0.2) is 5.65 Å². The zero-order chi connectivity index (χ0) is 21.5. The first-order chi connectivity index (χ1) is 15.0. The number of hydrogen-bond donors (Lipinski definition) is 1. The number of rotatable bonds is 3. The fourth-order valence-electron chi connectivity index (χ4n) is 3.18. The third-order valence-electron chi connectivity index (χ3n) is 4.65. The summed E-state index contributed by atoms with van der Waals surface area (Å²) in [5.74, 6) is -0.801. The number of carbonyl (C=O) groups excluding carboxylic acids is 1. The van der Waals surface area contributed by atoms with E-state index < -0.39 is 17.1 Å². The molecule has 0 unspecified atom stereocenters. The van der Waals surface area contributed by atoms with Crippen molar-refractivity contribution in [3.05, 3.63) is 98.5 Å². The molecule has 0 saturated carbocycles. The summed E-state index contributed by atoms with van der Waals surface area (Å²) in [7, 11) is 0. The molecule has 0 aliphatic rings. The van der Waals surface area contributed by atoms with Crippen LogP contribution >= 0.6 is 11.6 Å². The highest BCUT2D eigenvalue weighted by molar-refractivity contribution is 6.30. The van der Waals surface area contributed by atoms with E-state index in [1.165, 1.54) is 16.9 Å². The molecule has 3 aromatic heterocycles. The molecule has 152 valence electrons. The lowest BCUT2D eigenvalue weighted by Gasteiger charge is -2.08. The van der Waals surface area contributed by atoms with Gasteiger partial charge in [-0.3, -0.25) is 15.0 Å². The Morgan fingerprint density at radius 3 is 2.74 bits per heavy atom. The van der Waals surface area contributed by atoms with Crippen molar-refractivity contribution in [1.29, 1.82) is 0 Å². The number of hydrogen-bond acceptors (Lipinski definition) is 6. The van der Waals surface area contributed by atoms with Crippen LogP contribution in [0.15, 0.2) is 81.1 Å². The van der Waals surface area contributed by atoms with Gasteiger partial charge in [-0.25, -0.2) is 19.1 Å². The van der Waals surface area contributed by atoms with Crippen molar-refractivity contribution in [1.82, 2.24) is 19.4 Å². The molecule has 0 fully saturated rings. The molecule has 5 aromatic rings. The number of para-hydroxylation sites is 1. The normalized spacial score (nSPS) is 11.1. The maximum Gasteiger partial charge on any atom is 0.349 e. The van der Waals surface area contributed by atoms with Crippen molar-refractivity contribution in [3.63, 3.8) is 0 Å². The van der Waals surface area contributed by atoms with Crippen LogP contribution in [-0.4, -0.2) is 25.3 Å². The second-order valence-corrected chi connectivity index (χ2v) is 7.06. The Bertz CT molecular complexity index is 1600. The van der Waals surface area contributed by atoms with Gasteiger partial charge in [-0.2, -0.15) is 5.10 Å². The van der Waals surface area contributed by atoms with Crippen LogP contribution in [0.1, 0.15) is 10.4 Å². The van der Waals surface area contributed by atoms with E-state index in [9.17, 15) is 14.4 Å². The second kappa shape index (κ2) is 7.22. The first-order valence-electron chi connectivity index (χ1n) is 9.07. The molecule has 0 spiro atoms. The van der Waals surface area contributed by atoms with Gasteiger partial charge in [0, 0.05) is 10.4 Å². The van der Waals surface area contributed by atoms with Gasteiger partial charge in [0.1, 0.15) is 22.9 Å². The molecule has 1 amide bonds. The van der Waals surface area contributed by atoms with Gasteiger partial charge < -0.3 is 4.42 Å². The third-order valence-corrected chi connectivity index (χ3v) is 4.88. The van der Waals surface area contributed by atoms with E-state index in [1.54, 1.807) is 48.5 Å². The average molecular weight is 434 g/mol.